The van der Waals surface area contributed by atoms with Gasteiger partial charge in [0.2, 0.25) is 0 Å². The summed E-state index contributed by atoms with van der Waals surface area (Å²) in [6, 6.07) is 19.5. The van der Waals surface area contributed by atoms with Crippen molar-refractivity contribution in [3.05, 3.63) is 71.8 Å². The van der Waals surface area contributed by atoms with Crippen molar-refractivity contribution in [1.29, 1.82) is 0 Å². The number of benzene rings is 2. The van der Waals surface area contributed by atoms with Crippen LogP contribution in [-0.4, -0.2) is 48.0 Å². The molecule has 6 heteroatoms. The van der Waals surface area contributed by atoms with Gasteiger partial charge in [-0.2, -0.15) is 11.8 Å². The van der Waals surface area contributed by atoms with Gasteiger partial charge in [0.1, 0.15) is 0 Å². The number of carbonyl (C=O) groups is 1. The van der Waals surface area contributed by atoms with Gasteiger partial charge in [-0.25, -0.2) is 4.79 Å². The Morgan fingerprint density at radius 3 is 2.14 bits per heavy atom. The lowest BCUT2D eigenvalue weighted by Gasteiger charge is -2.37. The van der Waals surface area contributed by atoms with Crippen LogP contribution in [0, 0.1) is 0 Å². The largest absolute Gasteiger partial charge is 0.394 e. The van der Waals surface area contributed by atoms with Crippen molar-refractivity contribution in [2.24, 2.45) is 0 Å². The minimum Gasteiger partial charge on any atom is -0.394 e. The van der Waals surface area contributed by atoms with Gasteiger partial charge < -0.3 is 20.5 Å². The van der Waals surface area contributed by atoms with E-state index in [-0.39, 0.29) is 24.3 Å². The summed E-state index contributed by atoms with van der Waals surface area (Å²) < 4.78 is 5.94. The van der Waals surface area contributed by atoms with Crippen LogP contribution in [0.15, 0.2) is 60.7 Å². The molecule has 2 aromatic carbocycles. The van der Waals surface area contributed by atoms with Crippen LogP contribution >= 0.6 is 11.8 Å². The Morgan fingerprint density at radius 2 is 1.61 bits per heavy atom. The van der Waals surface area contributed by atoms with Crippen molar-refractivity contribution in [3.63, 3.8) is 0 Å². The second-order valence-corrected chi connectivity index (χ2v) is 8.17. The monoisotopic (exact) mass is 400 g/mol. The van der Waals surface area contributed by atoms with E-state index in [0.29, 0.717) is 13.2 Å². The number of thioether (sulfide) groups is 1. The molecule has 2 amide bonds. The van der Waals surface area contributed by atoms with Gasteiger partial charge in [-0.15, -0.1) is 0 Å². The number of rotatable bonds is 8. The first kappa shape index (κ1) is 20.7. The van der Waals surface area contributed by atoms with E-state index in [4.69, 9.17) is 9.84 Å². The van der Waals surface area contributed by atoms with Crippen molar-refractivity contribution >= 4 is 17.8 Å². The Labute approximate surface area is 170 Å². The first-order valence-corrected chi connectivity index (χ1v) is 10.8. The molecule has 1 aliphatic rings. The van der Waals surface area contributed by atoms with Gasteiger partial charge in [0.25, 0.3) is 0 Å². The van der Waals surface area contributed by atoms with Gasteiger partial charge in [-0.3, -0.25) is 0 Å². The lowest BCUT2D eigenvalue weighted by Crippen LogP contribution is -2.50. The molecule has 0 bridgehead atoms. The van der Waals surface area contributed by atoms with Gasteiger partial charge in [0.15, 0.2) is 0 Å². The topological polar surface area (TPSA) is 70.6 Å². The average molecular weight is 401 g/mol. The summed E-state index contributed by atoms with van der Waals surface area (Å²) in [5.41, 5.74) is 1.67. The number of hydrogen-bond donors (Lipinski definition) is 3. The standard InChI is InChI=1S/C22H28N2O3S/c25-13-14-27-22(11-15-28-16-12-22)17-23-21(26)24-20(18-7-3-1-4-8-18)19-9-5-2-6-10-19/h1-10,20,25H,11-17H2,(H2,23,24,26). The highest BCUT2D eigenvalue weighted by molar-refractivity contribution is 7.99. The minimum absolute atomic E-state index is 0.00875. The van der Waals surface area contributed by atoms with Crippen molar-refractivity contribution < 1.29 is 14.6 Å². The number of amides is 2. The van der Waals surface area contributed by atoms with Crippen LogP contribution in [0.2, 0.25) is 0 Å². The zero-order valence-electron chi connectivity index (χ0n) is 16.0. The number of nitrogens with one attached hydrogen (secondary N) is 2. The van der Waals surface area contributed by atoms with Crippen LogP contribution in [0.25, 0.3) is 0 Å². The number of aliphatic hydroxyl groups excluding tert-OH is 1. The summed E-state index contributed by atoms with van der Waals surface area (Å²) in [7, 11) is 0. The Kier molecular flexibility index (Phi) is 7.77. The zero-order chi connectivity index (χ0) is 19.7. The van der Waals surface area contributed by atoms with E-state index in [0.717, 1.165) is 35.5 Å². The Bertz CT molecular complexity index is 682. The van der Waals surface area contributed by atoms with Gasteiger partial charge >= 0.3 is 6.03 Å². The predicted octanol–water partition coefficient (Wildman–Crippen LogP) is 3.35. The second-order valence-electron chi connectivity index (χ2n) is 6.95. The molecule has 3 N–H and O–H groups in total. The molecule has 5 nitrogen and oxygen atoms in total. The third-order valence-corrected chi connectivity index (χ3v) is 6.00. The molecule has 0 aliphatic carbocycles. The van der Waals surface area contributed by atoms with Gasteiger partial charge in [-0.05, 0) is 35.5 Å². The van der Waals surface area contributed by atoms with Gasteiger partial charge in [0.05, 0.1) is 24.9 Å². The maximum absolute atomic E-state index is 12.7. The molecule has 0 aromatic heterocycles. The molecule has 0 radical (unpaired) electrons. The fourth-order valence-electron chi connectivity index (χ4n) is 3.45. The number of urea groups is 1. The molecule has 0 saturated carbocycles. The molecule has 1 saturated heterocycles. The van der Waals surface area contributed by atoms with Crippen LogP contribution in [-0.2, 0) is 4.74 Å². The minimum atomic E-state index is -0.389. The predicted molar refractivity (Wildman–Crippen MR) is 114 cm³/mol. The normalized spacial score (nSPS) is 15.9. The van der Waals surface area contributed by atoms with E-state index in [1.807, 2.05) is 72.4 Å². The lowest BCUT2D eigenvalue weighted by molar-refractivity contribution is -0.0603. The van der Waals surface area contributed by atoms with Crippen LogP contribution in [0.1, 0.15) is 30.0 Å². The van der Waals surface area contributed by atoms with E-state index in [9.17, 15) is 4.79 Å². The van der Waals surface area contributed by atoms with Crippen molar-refractivity contribution in [3.8, 4) is 0 Å². The Hall–Kier alpha value is -2.02. The van der Waals surface area contributed by atoms with Crippen LogP contribution in [0.4, 0.5) is 4.79 Å². The Morgan fingerprint density at radius 1 is 1.04 bits per heavy atom. The van der Waals surface area contributed by atoms with E-state index in [2.05, 4.69) is 10.6 Å². The maximum atomic E-state index is 12.7. The summed E-state index contributed by atoms with van der Waals surface area (Å²) in [4.78, 5) is 12.7. The molecule has 0 spiro atoms. The molecule has 28 heavy (non-hydrogen) atoms. The number of carbonyl (C=O) groups excluding carboxylic acids is 1. The first-order chi connectivity index (χ1) is 13.7. The van der Waals surface area contributed by atoms with Crippen molar-refractivity contribution in [2.45, 2.75) is 24.5 Å². The number of hydrogen-bond acceptors (Lipinski definition) is 4. The van der Waals surface area contributed by atoms with E-state index >= 15 is 0 Å². The summed E-state index contributed by atoms with van der Waals surface area (Å²) in [6.45, 7) is 0.728. The quantitative estimate of drug-likeness (QED) is 0.636. The molecule has 1 heterocycles. The van der Waals surface area contributed by atoms with Crippen molar-refractivity contribution in [1.82, 2.24) is 10.6 Å². The highest BCUT2D eigenvalue weighted by Crippen LogP contribution is 2.30. The molecule has 1 aliphatic heterocycles. The zero-order valence-corrected chi connectivity index (χ0v) is 16.8. The fraction of sp³-hybridized carbons (Fsp3) is 0.409. The fourth-order valence-corrected chi connectivity index (χ4v) is 4.69. The third-order valence-electron chi connectivity index (χ3n) is 5.02. The summed E-state index contributed by atoms with van der Waals surface area (Å²) in [6.07, 6.45) is 1.75. The molecule has 1 fully saturated rings. The second kappa shape index (κ2) is 10.5. The Balaban J connectivity index is 1.66. The lowest BCUT2D eigenvalue weighted by atomic mass is 9.96. The van der Waals surface area contributed by atoms with Crippen LogP contribution < -0.4 is 10.6 Å². The molecular weight excluding hydrogens is 372 g/mol. The van der Waals surface area contributed by atoms with E-state index in [1.165, 1.54) is 0 Å². The maximum Gasteiger partial charge on any atom is 0.315 e. The molecule has 2 aromatic rings. The van der Waals surface area contributed by atoms with Gasteiger partial charge in [-0.1, -0.05) is 60.7 Å². The molecule has 3 rings (SSSR count). The smallest absolute Gasteiger partial charge is 0.315 e. The van der Waals surface area contributed by atoms with E-state index in [1.54, 1.807) is 0 Å². The summed E-state index contributed by atoms with van der Waals surface area (Å²) >= 11 is 1.90. The third kappa shape index (κ3) is 5.74. The molecular formula is C22H28N2O3S. The SMILES string of the molecule is O=C(NCC1(OCCO)CCSCC1)NC(c1ccccc1)c1ccccc1. The van der Waals surface area contributed by atoms with Crippen LogP contribution in [0.3, 0.4) is 0 Å². The molecule has 0 atom stereocenters. The number of aliphatic hydroxyl groups is 1. The molecule has 0 unspecified atom stereocenters. The number of ether oxygens (including phenoxy) is 1. The highest BCUT2D eigenvalue weighted by Gasteiger charge is 2.33. The van der Waals surface area contributed by atoms with Crippen LogP contribution in [0.5, 0.6) is 0 Å². The van der Waals surface area contributed by atoms with Gasteiger partial charge in [0, 0.05) is 6.54 Å². The highest BCUT2D eigenvalue weighted by atomic mass is 32.2. The average Bonchev–Trinajstić information content (AvgIpc) is 2.77. The van der Waals surface area contributed by atoms with Crippen molar-refractivity contribution in [2.75, 3.05) is 31.3 Å². The summed E-state index contributed by atoms with van der Waals surface area (Å²) in [5, 5.41) is 15.2. The van der Waals surface area contributed by atoms with E-state index < -0.39 is 0 Å². The first-order valence-electron chi connectivity index (χ1n) is 9.69. The summed E-state index contributed by atoms with van der Waals surface area (Å²) in [5.74, 6) is 2.01. The molecule has 150 valence electrons.